The van der Waals surface area contributed by atoms with Crippen LogP contribution in [-0.4, -0.2) is 4.98 Å². The standard InChI is InChI=1S/C15H12BrClN2S/c1-8-6-10(7-9(2)13(8)16)18-15-19-12-5-3-4-11(17)14(12)20-15/h3-7H,1-2H3,(H,18,19). The first kappa shape index (κ1) is 13.9. The second-order valence-electron chi connectivity index (χ2n) is 4.66. The zero-order chi connectivity index (χ0) is 14.3. The second-order valence-corrected chi connectivity index (χ2v) is 6.86. The van der Waals surface area contributed by atoms with E-state index in [4.69, 9.17) is 11.6 Å². The molecular formula is C15H12BrClN2S. The summed E-state index contributed by atoms with van der Waals surface area (Å²) in [7, 11) is 0. The van der Waals surface area contributed by atoms with Crippen LogP contribution in [0.15, 0.2) is 34.8 Å². The highest BCUT2D eigenvalue weighted by Gasteiger charge is 2.08. The molecule has 0 fully saturated rings. The van der Waals surface area contributed by atoms with Gasteiger partial charge in [-0.15, -0.1) is 0 Å². The van der Waals surface area contributed by atoms with Crippen LogP contribution >= 0.6 is 38.9 Å². The van der Waals surface area contributed by atoms with Gasteiger partial charge in [-0.2, -0.15) is 0 Å². The van der Waals surface area contributed by atoms with Crippen molar-refractivity contribution in [1.29, 1.82) is 0 Å². The number of rotatable bonds is 2. The van der Waals surface area contributed by atoms with Crippen molar-refractivity contribution >= 4 is 59.9 Å². The monoisotopic (exact) mass is 366 g/mol. The quantitative estimate of drug-likeness (QED) is 0.594. The molecule has 0 aliphatic rings. The molecule has 1 aromatic heterocycles. The minimum Gasteiger partial charge on any atom is -0.332 e. The van der Waals surface area contributed by atoms with Gasteiger partial charge in [0, 0.05) is 10.2 Å². The number of hydrogen-bond acceptors (Lipinski definition) is 3. The van der Waals surface area contributed by atoms with E-state index in [0.717, 1.165) is 30.5 Å². The molecule has 102 valence electrons. The minimum atomic E-state index is 0.746. The van der Waals surface area contributed by atoms with Gasteiger partial charge in [0.25, 0.3) is 0 Å². The first-order chi connectivity index (χ1) is 9.54. The molecule has 0 spiro atoms. The predicted molar refractivity (Wildman–Crippen MR) is 91.5 cm³/mol. The number of aromatic nitrogens is 1. The number of fused-ring (bicyclic) bond motifs is 1. The molecule has 3 aromatic rings. The van der Waals surface area contributed by atoms with Crippen LogP contribution in [0, 0.1) is 13.8 Å². The summed E-state index contributed by atoms with van der Waals surface area (Å²) in [6, 6.07) is 9.98. The molecule has 0 bridgehead atoms. The highest BCUT2D eigenvalue weighted by molar-refractivity contribution is 9.10. The van der Waals surface area contributed by atoms with Crippen LogP contribution in [0.25, 0.3) is 10.2 Å². The maximum absolute atomic E-state index is 6.18. The fraction of sp³-hybridized carbons (Fsp3) is 0.133. The van der Waals surface area contributed by atoms with Gasteiger partial charge < -0.3 is 5.32 Å². The molecular weight excluding hydrogens is 356 g/mol. The molecule has 0 saturated heterocycles. The summed E-state index contributed by atoms with van der Waals surface area (Å²) in [5, 5.41) is 4.96. The molecule has 0 saturated carbocycles. The first-order valence-electron chi connectivity index (χ1n) is 6.13. The molecule has 0 amide bonds. The number of anilines is 2. The summed E-state index contributed by atoms with van der Waals surface area (Å²) in [4.78, 5) is 4.56. The Kier molecular flexibility index (Phi) is 3.71. The van der Waals surface area contributed by atoms with Crippen LogP contribution in [-0.2, 0) is 0 Å². The molecule has 2 aromatic carbocycles. The molecule has 3 rings (SSSR count). The second kappa shape index (κ2) is 5.35. The average molecular weight is 368 g/mol. The van der Waals surface area contributed by atoms with Gasteiger partial charge in [-0.3, -0.25) is 0 Å². The van der Waals surface area contributed by atoms with Gasteiger partial charge in [-0.05, 0) is 49.2 Å². The Morgan fingerprint density at radius 2 is 1.90 bits per heavy atom. The van der Waals surface area contributed by atoms with Crippen molar-refractivity contribution in [2.24, 2.45) is 0 Å². The third kappa shape index (κ3) is 2.55. The van der Waals surface area contributed by atoms with Crippen LogP contribution in [0.5, 0.6) is 0 Å². The van der Waals surface area contributed by atoms with Crippen molar-refractivity contribution in [3.8, 4) is 0 Å². The molecule has 0 atom stereocenters. The Morgan fingerprint density at radius 3 is 2.55 bits per heavy atom. The van der Waals surface area contributed by atoms with Crippen molar-refractivity contribution in [3.63, 3.8) is 0 Å². The molecule has 2 nitrogen and oxygen atoms in total. The van der Waals surface area contributed by atoms with Gasteiger partial charge >= 0.3 is 0 Å². The van der Waals surface area contributed by atoms with Gasteiger partial charge in [0.05, 0.1) is 15.2 Å². The van der Waals surface area contributed by atoms with E-state index in [1.165, 1.54) is 11.1 Å². The molecule has 20 heavy (non-hydrogen) atoms. The number of thiazole rings is 1. The molecule has 0 aliphatic carbocycles. The van der Waals surface area contributed by atoms with Crippen LogP contribution < -0.4 is 5.32 Å². The zero-order valence-electron chi connectivity index (χ0n) is 11.0. The SMILES string of the molecule is Cc1cc(Nc2nc3cccc(Cl)c3s2)cc(C)c1Br. The Balaban J connectivity index is 1.99. The van der Waals surface area contributed by atoms with E-state index in [2.05, 4.69) is 52.2 Å². The largest absolute Gasteiger partial charge is 0.332 e. The molecule has 1 heterocycles. The Labute approximate surface area is 134 Å². The Bertz CT molecular complexity index is 775. The van der Waals surface area contributed by atoms with E-state index in [1.807, 2.05) is 18.2 Å². The van der Waals surface area contributed by atoms with E-state index < -0.39 is 0 Å². The number of halogens is 2. The van der Waals surface area contributed by atoms with Gasteiger partial charge in [-0.25, -0.2) is 4.98 Å². The van der Waals surface area contributed by atoms with Crippen molar-refractivity contribution in [2.45, 2.75) is 13.8 Å². The van der Waals surface area contributed by atoms with E-state index in [9.17, 15) is 0 Å². The lowest BCUT2D eigenvalue weighted by Gasteiger charge is -2.08. The summed E-state index contributed by atoms with van der Waals surface area (Å²) in [6.07, 6.45) is 0. The number of nitrogens with zero attached hydrogens (tertiary/aromatic N) is 1. The minimum absolute atomic E-state index is 0.746. The lowest BCUT2D eigenvalue weighted by atomic mass is 10.1. The smallest absolute Gasteiger partial charge is 0.188 e. The molecule has 0 aliphatic heterocycles. The van der Waals surface area contributed by atoms with Crippen LogP contribution in [0.1, 0.15) is 11.1 Å². The van der Waals surface area contributed by atoms with Crippen molar-refractivity contribution in [1.82, 2.24) is 4.98 Å². The van der Waals surface area contributed by atoms with E-state index in [-0.39, 0.29) is 0 Å². The first-order valence-corrected chi connectivity index (χ1v) is 8.12. The molecule has 5 heteroatoms. The fourth-order valence-electron chi connectivity index (χ4n) is 2.11. The average Bonchev–Trinajstić information content (AvgIpc) is 2.80. The third-order valence-electron chi connectivity index (χ3n) is 3.05. The van der Waals surface area contributed by atoms with Crippen molar-refractivity contribution < 1.29 is 0 Å². The maximum atomic E-state index is 6.18. The molecule has 0 unspecified atom stereocenters. The third-order valence-corrected chi connectivity index (χ3v) is 5.75. The van der Waals surface area contributed by atoms with E-state index in [1.54, 1.807) is 11.3 Å². The molecule has 1 N–H and O–H groups in total. The summed E-state index contributed by atoms with van der Waals surface area (Å²) >= 11 is 11.3. The van der Waals surface area contributed by atoms with Crippen LogP contribution in [0.4, 0.5) is 10.8 Å². The lowest BCUT2D eigenvalue weighted by molar-refractivity contribution is 1.33. The Hall–Kier alpha value is -1.10. The van der Waals surface area contributed by atoms with Gasteiger partial charge in [0.1, 0.15) is 0 Å². The number of aryl methyl sites for hydroxylation is 2. The normalized spacial score (nSPS) is 11.0. The molecule has 0 radical (unpaired) electrons. The summed E-state index contributed by atoms with van der Waals surface area (Å²) in [5.74, 6) is 0. The van der Waals surface area contributed by atoms with E-state index in [0.29, 0.717) is 0 Å². The summed E-state index contributed by atoms with van der Waals surface area (Å²) in [6.45, 7) is 4.16. The zero-order valence-corrected chi connectivity index (χ0v) is 14.2. The number of nitrogens with one attached hydrogen (secondary N) is 1. The van der Waals surface area contributed by atoms with Crippen LogP contribution in [0.3, 0.4) is 0 Å². The van der Waals surface area contributed by atoms with Crippen LogP contribution in [0.2, 0.25) is 5.02 Å². The Morgan fingerprint density at radius 1 is 1.20 bits per heavy atom. The van der Waals surface area contributed by atoms with Gasteiger partial charge in [-0.1, -0.05) is 44.9 Å². The highest BCUT2D eigenvalue weighted by atomic mass is 79.9. The fourth-order valence-corrected chi connectivity index (χ4v) is 3.51. The lowest BCUT2D eigenvalue weighted by Crippen LogP contribution is -1.92. The predicted octanol–water partition coefficient (Wildman–Crippen LogP) is 6.07. The van der Waals surface area contributed by atoms with Crippen molar-refractivity contribution in [3.05, 3.63) is 51.0 Å². The topological polar surface area (TPSA) is 24.9 Å². The van der Waals surface area contributed by atoms with Crippen molar-refractivity contribution in [2.75, 3.05) is 5.32 Å². The highest BCUT2D eigenvalue weighted by Crippen LogP contribution is 2.34. The number of benzene rings is 2. The number of hydrogen-bond donors (Lipinski definition) is 1. The summed E-state index contributed by atoms with van der Waals surface area (Å²) < 4.78 is 2.16. The maximum Gasteiger partial charge on any atom is 0.188 e. The van der Waals surface area contributed by atoms with Gasteiger partial charge in [0.2, 0.25) is 0 Å². The van der Waals surface area contributed by atoms with Gasteiger partial charge in [0.15, 0.2) is 5.13 Å². The van der Waals surface area contributed by atoms with E-state index >= 15 is 0 Å². The summed E-state index contributed by atoms with van der Waals surface area (Å²) in [5.41, 5.74) is 4.37.